The van der Waals surface area contributed by atoms with Crippen LogP contribution in [0.25, 0.3) is 11.3 Å². The van der Waals surface area contributed by atoms with Gasteiger partial charge in [0, 0.05) is 49.2 Å². The molecule has 0 saturated carbocycles. The van der Waals surface area contributed by atoms with Gasteiger partial charge >= 0.3 is 0 Å². The maximum Gasteiger partial charge on any atom is 0.251 e. The fraction of sp³-hybridized carbons (Fsp3) is 0.517. The van der Waals surface area contributed by atoms with Crippen LogP contribution in [0.2, 0.25) is 0 Å². The number of fused-ring (bicyclic) bond motifs is 1. The molecule has 3 saturated heterocycles. The van der Waals surface area contributed by atoms with Gasteiger partial charge in [0.2, 0.25) is 5.91 Å². The summed E-state index contributed by atoms with van der Waals surface area (Å²) in [5.74, 6) is 1.70. The van der Waals surface area contributed by atoms with Gasteiger partial charge in [-0.15, -0.1) is 17.8 Å². The van der Waals surface area contributed by atoms with Gasteiger partial charge in [0.1, 0.15) is 24.8 Å². The number of nitrogens with zero attached hydrogens (tertiary/aromatic N) is 4. The van der Waals surface area contributed by atoms with E-state index in [4.69, 9.17) is 16.1 Å². The fourth-order valence-electron chi connectivity index (χ4n) is 5.50. The van der Waals surface area contributed by atoms with Crippen molar-refractivity contribution < 1.29 is 19.1 Å². The Morgan fingerprint density at radius 1 is 1.21 bits per heavy atom. The maximum atomic E-state index is 13.6. The molecule has 10 heteroatoms. The molecule has 1 aromatic carbocycles. The van der Waals surface area contributed by atoms with Crippen LogP contribution < -0.4 is 10.2 Å². The van der Waals surface area contributed by atoms with Crippen LogP contribution in [0.4, 0.5) is 5.13 Å². The Bertz CT molecular complexity index is 1260. The van der Waals surface area contributed by atoms with Crippen LogP contribution in [-0.2, 0) is 14.3 Å². The predicted molar refractivity (Wildman–Crippen MR) is 151 cm³/mol. The largest absolute Gasteiger partial charge is 0.366 e. The van der Waals surface area contributed by atoms with Gasteiger partial charge in [0.05, 0.1) is 11.6 Å². The number of terminal acetylenes is 1. The summed E-state index contributed by atoms with van der Waals surface area (Å²) < 4.78 is 5.59. The molecule has 3 aliphatic rings. The molecule has 3 fully saturated rings. The molecule has 2 amide bonds. The minimum Gasteiger partial charge on any atom is -0.366 e. The van der Waals surface area contributed by atoms with Crippen molar-refractivity contribution in [2.24, 2.45) is 11.8 Å². The molecule has 9 nitrogen and oxygen atoms in total. The highest BCUT2D eigenvalue weighted by atomic mass is 32.1. The first kappa shape index (κ1) is 27.3. The number of Topliss-reactive ketones (excluding diaryl/α,β-unsaturated/α-hetero) is 1. The van der Waals surface area contributed by atoms with Crippen molar-refractivity contribution in [1.82, 2.24) is 20.1 Å². The Balaban J connectivity index is 1.27. The Kier molecular flexibility index (Phi) is 8.03. The van der Waals surface area contributed by atoms with Crippen LogP contribution in [-0.4, -0.2) is 96.9 Å². The number of aromatic nitrogens is 1. The molecule has 0 radical (unpaired) electrons. The van der Waals surface area contributed by atoms with Gasteiger partial charge < -0.3 is 24.8 Å². The van der Waals surface area contributed by atoms with Crippen molar-refractivity contribution in [2.75, 3.05) is 51.3 Å². The summed E-state index contributed by atoms with van der Waals surface area (Å²) in [5, 5.41) is 5.97. The number of hydrogen-bond donors (Lipinski definition) is 1. The third-order valence-corrected chi connectivity index (χ3v) is 8.60. The van der Waals surface area contributed by atoms with E-state index in [1.807, 2.05) is 31.4 Å². The topological polar surface area (TPSA) is 95.1 Å². The minimum atomic E-state index is -0.771. The number of carbonyl (C=O) groups is 3. The highest BCUT2D eigenvalue weighted by Crippen LogP contribution is 2.32. The number of carbonyl (C=O) groups excluding carboxylic acids is 3. The van der Waals surface area contributed by atoms with Gasteiger partial charge in [-0.3, -0.25) is 14.4 Å². The molecular weight excluding hydrogens is 514 g/mol. The first-order chi connectivity index (χ1) is 18.7. The molecule has 0 aliphatic carbocycles. The van der Waals surface area contributed by atoms with Crippen molar-refractivity contribution in [3.8, 4) is 23.6 Å². The van der Waals surface area contributed by atoms with Crippen molar-refractivity contribution >= 4 is 34.1 Å². The lowest BCUT2D eigenvalue weighted by Gasteiger charge is -2.32. The third kappa shape index (κ3) is 5.71. The normalized spacial score (nSPS) is 24.1. The molecular formula is C29H35N5O4S. The van der Waals surface area contributed by atoms with E-state index >= 15 is 0 Å². The summed E-state index contributed by atoms with van der Waals surface area (Å²) >= 11 is 1.63. The number of likely N-dealkylation sites (N-methyl/N-ethyl adjacent to an activating group) is 1. The predicted octanol–water partition coefficient (Wildman–Crippen LogP) is 2.13. The second kappa shape index (κ2) is 11.5. The van der Waals surface area contributed by atoms with Crippen LogP contribution in [0.5, 0.6) is 0 Å². The zero-order chi connectivity index (χ0) is 27.7. The number of nitrogens with one attached hydrogen (secondary N) is 1. The molecule has 0 spiro atoms. The molecule has 4 heterocycles. The summed E-state index contributed by atoms with van der Waals surface area (Å²) in [6, 6.07) is 5.82. The molecule has 206 valence electrons. The van der Waals surface area contributed by atoms with E-state index in [-0.39, 0.29) is 42.6 Å². The molecule has 1 N–H and O–H groups in total. The van der Waals surface area contributed by atoms with Gasteiger partial charge in [-0.2, -0.15) is 0 Å². The average Bonchev–Trinajstić information content (AvgIpc) is 3.65. The zero-order valence-corrected chi connectivity index (χ0v) is 23.4. The standard InChI is InChI=1S/C29H35N5O4S/c1-5-19-15-34(25-24(35)16-38-26(19)25)28(37)22(14-18(2)3)30-27(36)21-8-6-20(7-9-21)23-17-39-29(31-23)33-12-10-32(4)11-13-33/h1,6-9,17-19,22,25-26H,10-16H2,2-4H3,(H,30,36). The third-order valence-electron chi connectivity index (χ3n) is 7.70. The molecule has 2 aromatic rings. The number of ether oxygens (including phenoxy) is 1. The van der Waals surface area contributed by atoms with E-state index < -0.39 is 18.2 Å². The molecule has 39 heavy (non-hydrogen) atoms. The molecule has 3 aliphatic heterocycles. The summed E-state index contributed by atoms with van der Waals surface area (Å²) in [5.41, 5.74) is 2.26. The zero-order valence-electron chi connectivity index (χ0n) is 22.6. The lowest BCUT2D eigenvalue weighted by atomic mass is 10.0. The number of hydrogen-bond acceptors (Lipinski definition) is 8. The monoisotopic (exact) mass is 549 g/mol. The Labute approximate surface area is 233 Å². The summed E-state index contributed by atoms with van der Waals surface area (Å²) in [6.07, 6.45) is 5.62. The van der Waals surface area contributed by atoms with Crippen molar-refractivity contribution in [2.45, 2.75) is 38.5 Å². The van der Waals surface area contributed by atoms with E-state index in [1.165, 1.54) is 4.90 Å². The van der Waals surface area contributed by atoms with Crippen LogP contribution in [0, 0.1) is 24.2 Å². The highest BCUT2D eigenvalue weighted by Gasteiger charge is 2.52. The number of rotatable bonds is 7. The lowest BCUT2D eigenvalue weighted by molar-refractivity contribution is -0.138. The van der Waals surface area contributed by atoms with Gasteiger partial charge in [0.25, 0.3) is 5.91 Å². The number of amides is 2. The van der Waals surface area contributed by atoms with Crippen LogP contribution >= 0.6 is 11.3 Å². The van der Waals surface area contributed by atoms with Crippen LogP contribution in [0.3, 0.4) is 0 Å². The van der Waals surface area contributed by atoms with E-state index in [0.717, 1.165) is 42.6 Å². The van der Waals surface area contributed by atoms with E-state index in [0.29, 0.717) is 12.0 Å². The Morgan fingerprint density at radius 3 is 2.59 bits per heavy atom. The maximum absolute atomic E-state index is 13.6. The van der Waals surface area contributed by atoms with Crippen molar-refractivity contribution in [3.05, 3.63) is 35.2 Å². The average molecular weight is 550 g/mol. The van der Waals surface area contributed by atoms with Crippen molar-refractivity contribution in [3.63, 3.8) is 0 Å². The summed E-state index contributed by atoms with van der Waals surface area (Å²) in [6.45, 7) is 8.16. The second-order valence-electron chi connectivity index (χ2n) is 11.0. The smallest absolute Gasteiger partial charge is 0.251 e. The van der Waals surface area contributed by atoms with Crippen LogP contribution in [0.15, 0.2) is 29.6 Å². The van der Waals surface area contributed by atoms with Gasteiger partial charge in [0.15, 0.2) is 10.9 Å². The summed E-state index contributed by atoms with van der Waals surface area (Å²) in [4.78, 5) is 50.3. The molecule has 1 aromatic heterocycles. The SMILES string of the molecule is C#CC1CN(C(=O)C(CC(C)C)NC(=O)c2ccc(-c3csc(N4CCN(C)CC4)n3)cc2)C2C(=O)COC12. The minimum absolute atomic E-state index is 0.0410. The number of anilines is 1. The van der Waals surface area contributed by atoms with Crippen molar-refractivity contribution in [1.29, 1.82) is 0 Å². The van der Waals surface area contributed by atoms with Crippen LogP contribution in [0.1, 0.15) is 30.6 Å². The molecule has 0 bridgehead atoms. The second-order valence-corrected chi connectivity index (χ2v) is 11.8. The number of piperazine rings is 1. The summed E-state index contributed by atoms with van der Waals surface area (Å²) in [7, 11) is 2.13. The van der Waals surface area contributed by atoms with E-state index in [9.17, 15) is 14.4 Å². The Morgan fingerprint density at radius 2 is 1.92 bits per heavy atom. The molecule has 5 rings (SSSR count). The number of ketones is 1. The highest BCUT2D eigenvalue weighted by molar-refractivity contribution is 7.14. The van der Waals surface area contributed by atoms with Gasteiger partial charge in [-0.1, -0.05) is 31.9 Å². The van der Waals surface area contributed by atoms with E-state index in [2.05, 4.69) is 28.1 Å². The Hall–Kier alpha value is -3.26. The molecule has 4 unspecified atom stereocenters. The number of benzene rings is 1. The van der Waals surface area contributed by atoms with E-state index in [1.54, 1.807) is 23.5 Å². The quantitative estimate of drug-likeness (QED) is 0.529. The number of thiazole rings is 1. The van der Waals surface area contributed by atoms with Gasteiger partial charge in [-0.25, -0.2) is 4.98 Å². The van der Waals surface area contributed by atoms with Gasteiger partial charge in [-0.05, 0) is 31.5 Å². The fourth-order valence-corrected chi connectivity index (χ4v) is 6.38. The lowest BCUT2D eigenvalue weighted by Crippen LogP contribution is -2.52. The first-order valence-corrected chi connectivity index (χ1v) is 14.3. The number of likely N-dealkylation sites (tertiary alicyclic amines) is 1. The molecule has 4 atom stereocenters. The first-order valence-electron chi connectivity index (χ1n) is 13.5.